The van der Waals surface area contributed by atoms with Gasteiger partial charge in [-0.05, 0) is 35.2 Å². The molecular weight excluding hydrogens is 304 g/mol. The first kappa shape index (κ1) is 14.9. The van der Waals surface area contributed by atoms with Gasteiger partial charge in [-0.15, -0.1) is 0 Å². The highest BCUT2D eigenvalue weighted by molar-refractivity contribution is 6.03. The summed E-state index contributed by atoms with van der Waals surface area (Å²) < 4.78 is 5.47. The van der Waals surface area contributed by atoms with E-state index >= 15 is 0 Å². The van der Waals surface area contributed by atoms with Crippen LogP contribution in [0.2, 0.25) is 0 Å². The third kappa shape index (κ3) is 2.57. The smallest absolute Gasteiger partial charge is 0.251 e. The molecule has 2 amide bonds. The fraction of sp³-hybridized carbons (Fsp3) is 0.263. The Morgan fingerprint density at radius 3 is 2.96 bits per heavy atom. The number of nitrogens with one attached hydrogen (secondary N) is 2. The van der Waals surface area contributed by atoms with Crippen LogP contribution in [0.3, 0.4) is 0 Å². The fourth-order valence-electron chi connectivity index (χ4n) is 3.40. The lowest BCUT2D eigenvalue weighted by atomic mass is 9.89. The third-order valence-corrected chi connectivity index (χ3v) is 4.65. The van der Waals surface area contributed by atoms with Gasteiger partial charge in [0, 0.05) is 17.8 Å². The summed E-state index contributed by atoms with van der Waals surface area (Å²) in [5.74, 6) is -0.596. The Labute approximate surface area is 140 Å². The minimum absolute atomic E-state index is 0.0951. The highest BCUT2D eigenvalue weighted by atomic mass is 16.5. The lowest BCUT2D eigenvalue weighted by molar-refractivity contribution is -0.117. The molecule has 5 nitrogen and oxygen atoms in total. The Morgan fingerprint density at radius 2 is 2.04 bits per heavy atom. The van der Waals surface area contributed by atoms with Crippen LogP contribution in [0, 0.1) is 0 Å². The SMILES string of the molecule is O=C1NCC(C(=O)Nc2cccc3c2CCOC3)c2ccccc21. The van der Waals surface area contributed by atoms with Crippen molar-refractivity contribution in [3.8, 4) is 0 Å². The van der Waals surface area contributed by atoms with Crippen LogP contribution in [0.4, 0.5) is 5.69 Å². The van der Waals surface area contributed by atoms with E-state index in [1.54, 1.807) is 6.07 Å². The number of carbonyl (C=O) groups is 2. The van der Waals surface area contributed by atoms with Gasteiger partial charge in [0.05, 0.1) is 19.1 Å². The van der Waals surface area contributed by atoms with Gasteiger partial charge in [0.15, 0.2) is 0 Å². The minimum Gasteiger partial charge on any atom is -0.376 e. The molecule has 0 radical (unpaired) electrons. The van der Waals surface area contributed by atoms with Gasteiger partial charge in [-0.3, -0.25) is 9.59 Å². The quantitative estimate of drug-likeness (QED) is 0.891. The van der Waals surface area contributed by atoms with E-state index < -0.39 is 0 Å². The first-order valence-corrected chi connectivity index (χ1v) is 8.10. The number of rotatable bonds is 2. The van der Waals surface area contributed by atoms with Crippen molar-refractivity contribution in [3.63, 3.8) is 0 Å². The van der Waals surface area contributed by atoms with Gasteiger partial charge < -0.3 is 15.4 Å². The molecule has 0 saturated carbocycles. The maximum Gasteiger partial charge on any atom is 0.251 e. The maximum absolute atomic E-state index is 12.8. The van der Waals surface area contributed by atoms with Crippen molar-refractivity contribution in [1.82, 2.24) is 5.32 Å². The van der Waals surface area contributed by atoms with E-state index in [0.717, 1.165) is 28.8 Å². The molecule has 2 aromatic carbocycles. The molecule has 122 valence electrons. The Balaban J connectivity index is 1.62. The van der Waals surface area contributed by atoms with E-state index in [1.165, 1.54) is 0 Å². The van der Waals surface area contributed by atoms with E-state index in [9.17, 15) is 9.59 Å². The molecule has 2 N–H and O–H groups in total. The molecule has 2 aromatic rings. The number of hydrogen-bond donors (Lipinski definition) is 2. The van der Waals surface area contributed by atoms with Gasteiger partial charge in [-0.2, -0.15) is 0 Å². The standard InChI is InChI=1S/C19H18N2O3/c22-18-15-6-2-1-5-14(15)16(10-20-18)19(23)21-17-7-3-4-12-11-24-9-8-13(12)17/h1-7,16H,8-11H2,(H,20,22)(H,21,23). The Kier molecular flexibility index (Phi) is 3.78. The van der Waals surface area contributed by atoms with Crippen molar-refractivity contribution in [2.75, 3.05) is 18.5 Å². The molecule has 2 heterocycles. The summed E-state index contributed by atoms with van der Waals surface area (Å²) >= 11 is 0. The van der Waals surface area contributed by atoms with Gasteiger partial charge in [0.1, 0.15) is 0 Å². The Morgan fingerprint density at radius 1 is 1.17 bits per heavy atom. The van der Waals surface area contributed by atoms with Gasteiger partial charge in [-0.1, -0.05) is 30.3 Å². The summed E-state index contributed by atoms with van der Waals surface area (Å²) in [4.78, 5) is 24.8. The average molecular weight is 322 g/mol. The monoisotopic (exact) mass is 322 g/mol. The van der Waals surface area contributed by atoms with Crippen molar-refractivity contribution in [2.45, 2.75) is 18.9 Å². The van der Waals surface area contributed by atoms with Crippen LogP contribution in [0.15, 0.2) is 42.5 Å². The molecule has 0 saturated heterocycles. The number of carbonyl (C=O) groups excluding carboxylic acids is 2. The number of ether oxygens (including phenoxy) is 1. The van der Waals surface area contributed by atoms with Crippen molar-refractivity contribution in [3.05, 3.63) is 64.7 Å². The van der Waals surface area contributed by atoms with Crippen molar-refractivity contribution in [1.29, 1.82) is 0 Å². The van der Waals surface area contributed by atoms with Crippen LogP contribution in [0.5, 0.6) is 0 Å². The lowest BCUT2D eigenvalue weighted by Gasteiger charge is -2.26. The van der Waals surface area contributed by atoms with E-state index in [-0.39, 0.29) is 17.7 Å². The first-order valence-electron chi connectivity index (χ1n) is 8.10. The fourth-order valence-corrected chi connectivity index (χ4v) is 3.40. The average Bonchev–Trinajstić information content (AvgIpc) is 2.62. The molecule has 1 atom stereocenters. The maximum atomic E-state index is 12.8. The van der Waals surface area contributed by atoms with E-state index in [4.69, 9.17) is 4.74 Å². The third-order valence-electron chi connectivity index (χ3n) is 4.65. The van der Waals surface area contributed by atoms with Crippen molar-refractivity contribution in [2.24, 2.45) is 0 Å². The molecule has 4 rings (SSSR count). The van der Waals surface area contributed by atoms with Gasteiger partial charge in [-0.25, -0.2) is 0 Å². The normalized spacial score (nSPS) is 19.0. The van der Waals surface area contributed by atoms with Crippen molar-refractivity contribution < 1.29 is 14.3 Å². The second-order valence-electron chi connectivity index (χ2n) is 6.08. The second kappa shape index (κ2) is 6.09. The van der Waals surface area contributed by atoms with E-state index in [2.05, 4.69) is 10.6 Å². The zero-order valence-electron chi connectivity index (χ0n) is 13.2. The highest BCUT2D eigenvalue weighted by Crippen LogP contribution is 2.28. The van der Waals surface area contributed by atoms with E-state index in [1.807, 2.05) is 36.4 Å². The molecule has 0 spiro atoms. The van der Waals surface area contributed by atoms with Crippen LogP contribution in [0.1, 0.15) is 33.0 Å². The largest absolute Gasteiger partial charge is 0.376 e. The minimum atomic E-state index is -0.380. The number of anilines is 1. The zero-order chi connectivity index (χ0) is 16.5. The topological polar surface area (TPSA) is 67.4 Å². The summed E-state index contributed by atoms with van der Waals surface area (Å²) in [6.07, 6.45) is 0.795. The second-order valence-corrected chi connectivity index (χ2v) is 6.08. The van der Waals surface area contributed by atoms with Crippen LogP contribution >= 0.6 is 0 Å². The van der Waals surface area contributed by atoms with Gasteiger partial charge in [0.25, 0.3) is 5.91 Å². The predicted molar refractivity (Wildman–Crippen MR) is 89.9 cm³/mol. The Hall–Kier alpha value is -2.66. The molecule has 5 heteroatoms. The molecule has 2 aliphatic rings. The van der Waals surface area contributed by atoms with Crippen LogP contribution in [0.25, 0.3) is 0 Å². The van der Waals surface area contributed by atoms with Crippen LogP contribution in [-0.4, -0.2) is 25.0 Å². The molecule has 0 bridgehead atoms. The summed E-state index contributed by atoms with van der Waals surface area (Å²) in [5.41, 5.74) is 4.47. The van der Waals surface area contributed by atoms with Crippen LogP contribution < -0.4 is 10.6 Å². The first-order chi connectivity index (χ1) is 11.7. The van der Waals surface area contributed by atoms with Crippen molar-refractivity contribution >= 4 is 17.5 Å². The molecule has 0 aliphatic carbocycles. The van der Waals surface area contributed by atoms with E-state index in [0.29, 0.717) is 25.3 Å². The number of amides is 2. The molecule has 24 heavy (non-hydrogen) atoms. The van der Waals surface area contributed by atoms with Gasteiger partial charge in [0.2, 0.25) is 5.91 Å². The molecule has 1 unspecified atom stereocenters. The molecule has 2 aliphatic heterocycles. The molecule has 0 aromatic heterocycles. The number of fused-ring (bicyclic) bond motifs is 2. The molecular formula is C19H18N2O3. The number of hydrogen-bond acceptors (Lipinski definition) is 3. The van der Waals surface area contributed by atoms with Gasteiger partial charge >= 0.3 is 0 Å². The summed E-state index contributed by atoms with van der Waals surface area (Å²) in [5, 5.41) is 5.85. The lowest BCUT2D eigenvalue weighted by Crippen LogP contribution is -2.40. The summed E-state index contributed by atoms with van der Waals surface area (Å²) in [7, 11) is 0. The highest BCUT2D eigenvalue weighted by Gasteiger charge is 2.30. The predicted octanol–water partition coefficient (Wildman–Crippen LogP) is 2.22. The zero-order valence-corrected chi connectivity index (χ0v) is 13.2. The number of benzene rings is 2. The van der Waals surface area contributed by atoms with Crippen LogP contribution in [-0.2, 0) is 22.6 Å². The summed E-state index contributed by atoms with van der Waals surface area (Å²) in [6, 6.07) is 13.2. The molecule has 0 fully saturated rings. The Bertz CT molecular complexity index is 816. The summed E-state index contributed by atoms with van der Waals surface area (Å²) in [6.45, 7) is 1.57.